The Kier molecular flexibility index (Phi) is 6.18. The number of carbonyl (C=O) groups is 3. The molecule has 1 saturated heterocycles. The van der Waals surface area contributed by atoms with E-state index in [2.05, 4.69) is 0 Å². The molecule has 0 N–H and O–H groups in total. The van der Waals surface area contributed by atoms with Crippen molar-refractivity contribution in [3.8, 4) is 0 Å². The molecule has 0 aliphatic carbocycles. The smallest absolute Gasteiger partial charge is 0.300 e. The standard InChI is InChI=1S/C24H10Cl4F4N2O3/c25-15-13-14(16(26)18(28)17(15)27)22(36)34(21(13)35)20-19(9-4-6-11(29)7-5-9)33(23(20)37)12-3-1-2-10(8-12)24(30,31)32/h1-8,19-20H/t19-,20+/m1/s1. The van der Waals surface area contributed by atoms with E-state index in [1.807, 2.05) is 0 Å². The van der Waals surface area contributed by atoms with Crippen LogP contribution in [-0.2, 0) is 11.0 Å². The van der Waals surface area contributed by atoms with Crippen molar-refractivity contribution in [1.82, 2.24) is 4.90 Å². The third-order valence-electron chi connectivity index (χ3n) is 6.14. The van der Waals surface area contributed by atoms with E-state index in [4.69, 9.17) is 46.4 Å². The van der Waals surface area contributed by atoms with Crippen LogP contribution in [0.4, 0.5) is 23.2 Å². The Morgan fingerprint density at radius 1 is 0.703 bits per heavy atom. The van der Waals surface area contributed by atoms with Gasteiger partial charge in [0.05, 0.1) is 42.8 Å². The van der Waals surface area contributed by atoms with Crippen LogP contribution in [-0.4, -0.2) is 28.7 Å². The van der Waals surface area contributed by atoms with Crippen molar-refractivity contribution in [2.75, 3.05) is 4.90 Å². The second-order valence-electron chi connectivity index (χ2n) is 8.18. The summed E-state index contributed by atoms with van der Waals surface area (Å²) in [5, 5.41) is -1.22. The van der Waals surface area contributed by atoms with Crippen molar-refractivity contribution >= 4 is 69.8 Å². The second kappa shape index (κ2) is 8.87. The summed E-state index contributed by atoms with van der Waals surface area (Å²) in [7, 11) is 0. The summed E-state index contributed by atoms with van der Waals surface area (Å²) < 4.78 is 53.7. The van der Waals surface area contributed by atoms with Gasteiger partial charge in [0.15, 0.2) is 0 Å². The molecule has 13 heteroatoms. The number of alkyl halides is 3. The zero-order valence-corrected chi connectivity index (χ0v) is 20.9. The summed E-state index contributed by atoms with van der Waals surface area (Å²) in [5.41, 5.74) is -1.59. The quantitative estimate of drug-likeness (QED) is 0.106. The third kappa shape index (κ3) is 3.87. The highest BCUT2D eigenvalue weighted by Gasteiger charge is 2.58. The number of nitrogens with zero attached hydrogens (tertiary/aromatic N) is 2. The maximum absolute atomic E-state index is 13.6. The number of hydrogen-bond acceptors (Lipinski definition) is 3. The van der Waals surface area contributed by atoms with E-state index >= 15 is 0 Å². The van der Waals surface area contributed by atoms with Crippen LogP contribution in [0.2, 0.25) is 20.1 Å². The summed E-state index contributed by atoms with van der Waals surface area (Å²) >= 11 is 24.5. The molecule has 0 radical (unpaired) electrons. The van der Waals surface area contributed by atoms with Crippen molar-refractivity contribution < 1.29 is 31.9 Å². The third-order valence-corrected chi connectivity index (χ3v) is 7.94. The first-order valence-corrected chi connectivity index (χ1v) is 11.9. The summed E-state index contributed by atoms with van der Waals surface area (Å²) in [6.07, 6.45) is -4.69. The van der Waals surface area contributed by atoms with Gasteiger partial charge in [-0.05, 0) is 35.9 Å². The number of fused-ring (bicyclic) bond motifs is 1. The molecule has 190 valence electrons. The molecule has 0 spiro atoms. The van der Waals surface area contributed by atoms with Gasteiger partial charge in [-0.2, -0.15) is 13.2 Å². The molecule has 37 heavy (non-hydrogen) atoms. The minimum absolute atomic E-state index is 0.135. The molecule has 2 aliphatic rings. The van der Waals surface area contributed by atoms with Crippen LogP contribution in [0.3, 0.4) is 0 Å². The summed E-state index contributed by atoms with van der Waals surface area (Å²) in [6.45, 7) is 0. The fourth-order valence-corrected chi connectivity index (χ4v) is 5.47. The number of amides is 3. The molecular weight excluding hydrogens is 582 g/mol. The van der Waals surface area contributed by atoms with Crippen LogP contribution < -0.4 is 4.90 Å². The fraction of sp³-hybridized carbons (Fsp3) is 0.125. The van der Waals surface area contributed by atoms with E-state index < -0.39 is 47.4 Å². The number of anilines is 1. The largest absolute Gasteiger partial charge is 0.416 e. The molecular formula is C24H10Cl4F4N2O3. The number of benzene rings is 3. The van der Waals surface area contributed by atoms with Gasteiger partial charge in [0.1, 0.15) is 11.9 Å². The van der Waals surface area contributed by atoms with Crippen molar-refractivity contribution in [2.24, 2.45) is 0 Å². The van der Waals surface area contributed by atoms with Gasteiger partial charge in [0, 0.05) is 5.69 Å². The molecule has 5 nitrogen and oxygen atoms in total. The molecule has 0 saturated carbocycles. The molecule has 3 aromatic carbocycles. The second-order valence-corrected chi connectivity index (χ2v) is 9.70. The van der Waals surface area contributed by atoms with Gasteiger partial charge in [0.25, 0.3) is 17.7 Å². The van der Waals surface area contributed by atoms with E-state index in [-0.39, 0.29) is 42.5 Å². The Bertz CT molecular complexity index is 1460. The van der Waals surface area contributed by atoms with Gasteiger partial charge in [-0.25, -0.2) is 4.39 Å². The van der Waals surface area contributed by atoms with Crippen molar-refractivity contribution in [3.05, 3.63) is 96.7 Å². The lowest BCUT2D eigenvalue weighted by molar-refractivity contribution is -0.137. The number of carbonyl (C=O) groups excluding carboxylic acids is 3. The minimum Gasteiger partial charge on any atom is -0.300 e. The van der Waals surface area contributed by atoms with Gasteiger partial charge in [0.2, 0.25) is 0 Å². The molecule has 2 aliphatic heterocycles. The van der Waals surface area contributed by atoms with Crippen LogP contribution in [0.5, 0.6) is 0 Å². The van der Waals surface area contributed by atoms with Crippen LogP contribution >= 0.6 is 46.4 Å². The number of imide groups is 1. The first kappa shape index (κ1) is 25.8. The summed E-state index contributed by atoms with van der Waals surface area (Å²) in [5.74, 6) is -3.44. The lowest BCUT2D eigenvalue weighted by atomic mass is 9.86. The molecule has 5 rings (SSSR count). The highest BCUT2D eigenvalue weighted by Crippen LogP contribution is 2.49. The van der Waals surface area contributed by atoms with Gasteiger partial charge < -0.3 is 4.90 Å². The number of halogens is 8. The van der Waals surface area contributed by atoms with Crippen molar-refractivity contribution in [2.45, 2.75) is 18.3 Å². The topological polar surface area (TPSA) is 57.7 Å². The van der Waals surface area contributed by atoms with Gasteiger partial charge in [-0.3, -0.25) is 19.3 Å². The maximum Gasteiger partial charge on any atom is 0.416 e. The average Bonchev–Trinajstić information content (AvgIpc) is 3.10. The normalized spacial score (nSPS) is 19.4. The first-order chi connectivity index (χ1) is 17.3. The van der Waals surface area contributed by atoms with Gasteiger partial charge >= 0.3 is 6.18 Å². The van der Waals surface area contributed by atoms with Crippen LogP contribution in [0, 0.1) is 5.82 Å². The highest BCUT2D eigenvalue weighted by atomic mass is 35.5. The van der Waals surface area contributed by atoms with Gasteiger partial charge in [-0.15, -0.1) is 0 Å². The summed E-state index contributed by atoms with van der Waals surface area (Å²) in [4.78, 5) is 41.8. The molecule has 2 heterocycles. The Morgan fingerprint density at radius 3 is 1.76 bits per heavy atom. The molecule has 0 aromatic heterocycles. The van der Waals surface area contributed by atoms with Crippen LogP contribution in [0.1, 0.15) is 37.9 Å². The molecule has 0 unspecified atom stereocenters. The Hall–Kier alpha value is -2.85. The van der Waals surface area contributed by atoms with E-state index in [0.717, 1.165) is 35.2 Å². The Labute approximate surface area is 226 Å². The lowest BCUT2D eigenvalue weighted by Gasteiger charge is -2.49. The Morgan fingerprint density at radius 2 is 1.24 bits per heavy atom. The number of hydrogen-bond donors (Lipinski definition) is 0. The zero-order valence-electron chi connectivity index (χ0n) is 17.9. The van der Waals surface area contributed by atoms with Crippen molar-refractivity contribution in [1.29, 1.82) is 0 Å². The minimum atomic E-state index is -4.69. The van der Waals surface area contributed by atoms with E-state index in [1.54, 1.807) is 0 Å². The number of β-lactam (4-membered cyclic amide) rings is 1. The maximum atomic E-state index is 13.6. The predicted molar refractivity (Wildman–Crippen MR) is 129 cm³/mol. The molecule has 2 atom stereocenters. The van der Waals surface area contributed by atoms with E-state index in [1.165, 1.54) is 18.2 Å². The lowest BCUT2D eigenvalue weighted by Crippen LogP contribution is -2.67. The first-order valence-electron chi connectivity index (χ1n) is 10.3. The molecule has 1 fully saturated rings. The molecule has 3 aromatic rings. The van der Waals surface area contributed by atoms with Crippen molar-refractivity contribution in [3.63, 3.8) is 0 Å². The zero-order chi connectivity index (χ0) is 27.0. The molecule has 3 amide bonds. The number of rotatable bonds is 3. The predicted octanol–water partition coefficient (Wildman–Crippen LogP) is 7.21. The average molecular weight is 592 g/mol. The van der Waals surface area contributed by atoms with Crippen LogP contribution in [0.25, 0.3) is 0 Å². The highest BCUT2D eigenvalue weighted by molar-refractivity contribution is 6.55. The van der Waals surface area contributed by atoms with Gasteiger partial charge in [-0.1, -0.05) is 64.6 Å². The molecule has 0 bridgehead atoms. The van der Waals surface area contributed by atoms with E-state index in [9.17, 15) is 31.9 Å². The monoisotopic (exact) mass is 590 g/mol. The van der Waals surface area contributed by atoms with Crippen LogP contribution in [0.15, 0.2) is 48.5 Å². The Balaban J connectivity index is 1.63. The SMILES string of the molecule is O=C1c2c(Cl)c(Cl)c(Cl)c(Cl)c2C(=O)N1[C@@H]1C(=O)N(c2cccc(C(F)(F)F)c2)[C@@H]1c1ccc(F)cc1. The van der Waals surface area contributed by atoms with E-state index in [0.29, 0.717) is 4.90 Å². The summed E-state index contributed by atoms with van der Waals surface area (Å²) in [6, 6.07) is 6.09. The fourth-order valence-electron chi connectivity index (χ4n) is 4.46.